The molecule has 3 aromatic heterocycles. The number of benzene rings is 1. The van der Waals surface area contributed by atoms with Gasteiger partial charge in [0.25, 0.3) is 11.9 Å². The van der Waals surface area contributed by atoms with Crippen molar-refractivity contribution in [2.75, 3.05) is 23.8 Å². The lowest BCUT2D eigenvalue weighted by Gasteiger charge is -2.13. The molecule has 0 radical (unpaired) electrons. The summed E-state index contributed by atoms with van der Waals surface area (Å²) in [6.45, 7) is 4.52. The first-order valence-corrected chi connectivity index (χ1v) is 10.5. The number of carbonyl (C=O) groups is 1. The van der Waals surface area contributed by atoms with E-state index in [1.165, 1.54) is 0 Å². The van der Waals surface area contributed by atoms with Crippen LogP contribution in [-0.2, 0) is 6.42 Å². The Balaban J connectivity index is 1.65. The minimum Gasteiger partial charge on any atom is -0.423 e. The van der Waals surface area contributed by atoms with Crippen molar-refractivity contribution >= 4 is 28.7 Å². The van der Waals surface area contributed by atoms with E-state index in [-0.39, 0.29) is 12.5 Å². The summed E-state index contributed by atoms with van der Waals surface area (Å²) in [7, 11) is 0. The van der Waals surface area contributed by atoms with Crippen LogP contribution >= 0.6 is 0 Å². The van der Waals surface area contributed by atoms with Crippen molar-refractivity contribution in [2.24, 2.45) is 5.92 Å². The number of oxazole rings is 1. The molecule has 0 fully saturated rings. The van der Waals surface area contributed by atoms with Crippen LogP contribution in [0.5, 0.6) is 0 Å². The molecule has 0 saturated heterocycles. The third kappa shape index (κ3) is 4.76. The van der Waals surface area contributed by atoms with Gasteiger partial charge in [-0.2, -0.15) is 4.98 Å². The average molecular weight is 431 g/mol. The minimum atomic E-state index is -0.302. The number of hydrogen-bond acceptors (Lipinski definition) is 7. The molecule has 0 saturated carbocycles. The fourth-order valence-electron chi connectivity index (χ4n) is 3.44. The Morgan fingerprint density at radius 2 is 1.91 bits per heavy atom. The number of carbonyl (C=O) groups excluding carboxylic acids is 1. The maximum atomic E-state index is 13.0. The van der Waals surface area contributed by atoms with Crippen LogP contribution in [0.25, 0.3) is 22.4 Å². The maximum Gasteiger partial charge on any atom is 0.295 e. The third-order valence-corrected chi connectivity index (χ3v) is 4.87. The first-order valence-electron chi connectivity index (χ1n) is 10.5. The smallest absolute Gasteiger partial charge is 0.295 e. The summed E-state index contributed by atoms with van der Waals surface area (Å²) in [6.07, 6.45) is 4.09. The second-order valence-electron chi connectivity index (χ2n) is 7.81. The van der Waals surface area contributed by atoms with Gasteiger partial charge in [0.05, 0.1) is 12.3 Å². The number of hydrogen-bond donors (Lipinski definition) is 3. The summed E-state index contributed by atoms with van der Waals surface area (Å²) in [6, 6.07) is 13.0. The molecular formula is C24H25N5O3. The SMILES string of the molecule is CC(C)Cc1c(NC(=O)c2cccc(-c3ccncc3)n2)ccc2nc(NCCO)oc12. The standard InChI is InChI=1S/C24H25N5O3/c1-15(2)14-17-19(6-7-20-22(17)32-24(29-20)26-12-13-30)28-23(31)21-5-3-4-18(27-21)16-8-10-25-11-9-16/h3-11,15,30H,12-14H2,1-2H3,(H,26,29)(H,28,31). The van der Waals surface area contributed by atoms with E-state index in [2.05, 4.69) is 39.4 Å². The number of nitrogens with zero attached hydrogens (tertiary/aromatic N) is 3. The molecule has 0 spiro atoms. The summed E-state index contributed by atoms with van der Waals surface area (Å²) in [5.74, 6) is 0.0340. The van der Waals surface area contributed by atoms with Gasteiger partial charge in [-0.3, -0.25) is 9.78 Å². The molecule has 164 valence electrons. The van der Waals surface area contributed by atoms with Crippen molar-refractivity contribution in [1.82, 2.24) is 15.0 Å². The summed E-state index contributed by atoms with van der Waals surface area (Å²) in [5, 5.41) is 15.0. The second kappa shape index (κ2) is 9.57. The van der Waals surface area contributed by atoms with Crippen LogP contribution in [0.4, 0.5) is 11.7 Å². The van der Waals surface area contributed by atoms with E-state index in [0.29, 0.717) is 53.1 Å². The largest absolute Gasteiger partial charge is 0.423 e. The molecule has 0 aliphatic carbocycles. The Hall–Kier alpha value is -3.78. The van der Waals surface area contributed by atoms with Gasteiger partial charge in [0.1, 0.15) is 11.2 Å². The molecule has 8 nitrogen and oxygen atoms in total. The van der Waals surface area contributed by atoms with Gasteiger partial charge in [-0.05, 0) is 48.7 Å². The lowest BCUT2D eigenvalue weighted by molar-refractivity contribution is 0.102. The molecular weight excluding hydrogens is 406 g/mol. The van der Waals surface area contributed by atoms with Gasteiger partial charge in [-0.25, -0.2) is 4.98 Å². The first kappa shape index (κ1) is 21.5. The number of aliphatic hydroxyl groups is 1. The summed E-state index contributed by atoms with van der Waals surface area (Å²) < 4.78 is 5.90. The van der Waals surface area contributed by atoms with Crippen LogP contribution in [0.3, 0.4) is 0 Å². The van der Waals surface area contributed by atoms with Crippen LogP contribution < -0.4 is 10.6 Å². The molecule has 1 amide bonds. The van der Waals surface area contributed by atoms with Crippen molar-refractivity contribution in [3.63, 3.8) is 0 Å². The predicted molar refractivity (Wildman–Crippen MR) is 124 cm³/mol. The number of pyridine rings is 2. The number of fused-ring (bicyclic) bond motifs is 1. The highest BCUT2D eigenvalue weighted by molar-refractivity contribution is 6.04. The Morgan fingerprint density at radius 1 is 1.09 bits per heavy atom. The normalized spacial score (nSPS) is 11.1. The van der Waals surface area contributed by atoms with Crippen LogP contribution in [0.15, 0.2) is 59.3 Å². The molecule has 4 aromatic rings. The van der Waals surface area contributed by atoms with Crippen molar-refractivity contribution in [1.29, 1.82) is 0 Å². The molecule has 0 aliphatic heterocycles. The van der Waals surface area contributed by atoms with Crippen LogP contribution in [0.2, 0.25) is 0 Å². The molecule has 32 heavy (non-hydrogen) atoms. The van der Waals surface area contributed by atoms with Gasteiger partial charge in [0.15, 0.2) is 5.58 Å². The molecule has 0 atom stereocenters. The number of aliphatic hydroxyl groups excluding tert-OH is 1. The monoisotopic (exact) mass is 431 g/mol. The summed E-state index contributed by atoms with van der Waals surface area (Å²) in [4.78, 5) is 26.0. The zero-order chi connectivity index (χ0) is 22.5. The van der Waals surface area contributed by atoms with Gasteiger partial charge in [-0.1, -0.05) is 19.9 Å². The highest BCUT2D eigenvalue weighted by Crippen LogP contribution is 2.31. The highest BCUT2D eigenvalue weighted by atomic mass is 16.4. The fourth-order valence-corrected chi connectivity index (χ4v) is 3.44. The van der Waals surface area contributed by atoms with Crippen LogP contribution in [0.1, 0.15) is 29.9 Å². The predicted octanol–water partition coefficient (Wildman–Crippen LogP) is 4.14. The van der Waals surface area contributed by atoms with E-state index in [4.69, 9.17) is 9.52 Å². The van der Waals surface area contributed by atoms with Crippen molar-refractivity contribution in [3.8, 4) is 11.3 Å². The van der Waals surface area contributed by atoms with E-state index in [1.807, 2.05) is 36.4 Å². The zero-order valence-electron chi connectivity index (χ0n) is 18.0. The Morgan fingerprint density at radius 3 is 2.66 bits per heavy atom. The molecule has 1 aromatic carbocycles. The molecule has 0 bridgehead atoms. The molecule has 3 N–H and O–H groups in total. The van der Waals surface area contributed by atoms with Gasteiger partial charge in [0.2, 0.25) is 0 Å². The molecule has 3 heterocycles. The molecule has 4 rings (SSSR count). The van der Waals surface area contributed by atoms with Gasteiger partial charge < -0.3 is 20.2 Å². The lowest BCUT2D eigenvalue weighted by Crippen LogP contribution is -2.15. The Labute approximate surface area is 185 Å². The fraction of sp³-hybridized carbons (Fsp3) is 0.250. The van der Waals surface area contributed by atoms with E-state index >= 15 is 0 Å². The molecule has 8 heteroatoms. The molecule has 0 aliphatic rings. The lowest BCUT2D eigenvalue weighted by atomic mass is 10.00. The van der Waals surface area contributed by atoms with Gasteiger partial charge in [0, 0.05) is 35.8 Å². The minimum absolute atomic E-state index is 0.0234. The van der Waals surface area contributed by atoms with Crippen LogP contribution in [-0.4, -0.2) is 39.1 Å². The quantitative estimate of drug-likeness (QED) is 0.384. The number of rotatable bonds is 8. The Kier molecular flexibility index (Phi) is 6.42. The van der Waals surface area contributed by atoms with Gasteiger partial charge >= 0.3 is 0 Å². The third-order valence-electron chi connectivity index (χ3n) is 4.87. The van der Waals surface area contributed by atoms with Crippen LogP contribution in [0, 0.1) is 5.92 Å². The maximum absolute atomic E-state index is 13.0. The van der Waals surface area contributed by atoms with E-state index in [0.717, 1.165) is 11.1 Å². The van der Waals surface area contributed by atoms with Crippen molar-refractivity contribution in [3.05, 3.63) is 66.1 Å². The van der Waals surface area contributed by atoms with Crippen molar-refractivity contribution < 1.29 is 14.3 Å². The van der Waals surface area contributed by atoms with Crippen molar-refractivity contribution in [2.45, 2.75) is 20.3 Å². The Bertz CT molecular complexity index is 1220. The number of aromatic nitrogens is 3. The topological polar surface area (TPSA) is 113 Å². The number of amides is 1. The summed E-state index contributed by atoms with van der Waals surface area (Å²) in [5.41, 5.74) is 4.76. The van der Waals surface area contributed by atoms with E-state index < -0.39 is 0 Å². The second-order valence-corrected chi connectivity index (χ2v) is 7.81. The average Bonchev–Trinajstić information content (AvgIpc) is 3.23. The highest BCUT2D eigenvalue weighted by Gasteiger charge is 2.18. The van der Waals surface area contributed by atoms with E-state index in [1.54, 1.807) is 18.5 Å². The zero-order valence-corrected chi connectivity index (χ0v) is 18.0. The molecule has 0 unspecified atom stereocenters. The van der Waals surface area contributed by atoms with E-state index in [9.17, 15) is 4.79 Å². The van der Waals surface area contributed by atoms with Gasteiger partial charge in [-0.15, -0.1) is 0 Å². The number of nitrogens with one attached hydrogen (secondary N) is 2. The summed E-state index contributed by atoms with van der Waals surface area (Å²) >= 11 is 0. The first-order chi connectivity index (χ1) is 15.5. The number of anilines is 2.